The molecule has 2 heterocycles. The van der Waals surface area contributed by atoms with Crippen LogP contribution in [0.15, 0.2) is 6.33 Å². The second-order valence-electron chi connectivity index (χ2n) is 5.22. The average Bonchev–Trinajstić information content (AvgIpc) is 2.85. The molecule has 1 aromatic heterocycles. The summed E-state index contributed by atoms with van der Waals surface area (Å²) in [6, 6.07) is 0. The largest absolute Gasteiger partial charge is 0.481 e. The zero-order chi connectivity index (χ0) is 11.9. The summed E-state index contributed by atoms with van der Waals surface area (Å²) < 4.78 is 2.06. The smallest absolute Gasteiger partial charge is 0.303 e. The van der Waals surface area contributed by atoms with Crippen molar-refractivity contribution in [3.63, 3.8) is 0 Å². The van der Waals surface area contributed by atoms with Gasteiger partial charge in [0, 0.05) is 19.6 Å². The number of carboxylic acids is 1. The van der Waals surface area contributed by atoms with Crippen molar-refractivity contribution in [2.75, 3.05) is 13.1 Å². The van der Waals surface area contributed by atoms with Crippen molar-refractivity contribution in [2.24, 2.45) is 5.41 Å². The van der Waals surface area contributed by atoms with Gasteiger partial charge in [0.2, 0.25) is 0 Å². The van der Waals surface area contributed by atoms with Gasteiger partial charge >= 0.3 is 5.97 Å². The van der Waals surface area contributed by atoms with E-state index < -0.39 is 5.97 Å². The van der Waals surface area contributed by atoms with Crippen molar-refractivity contribution < 1.29 is 9.90 Å². The van der Waals surface area contributed by atoms with E-state index in [-0.39, 0.29) is 5.41 Å². The fraction of sp³-hybridized carbons (Fsp3) is 0.727. The van der Waals surface area contributed by atoms with Crippen molar-refractivity contribution in [3.05, 3.63) is 12.2 Å². The van der Waals surface area contributed by atoms with Gasteiger partial charge in [-0.15, -0.1) is 10.2 Å². The number of nitrogens with zero attached hydrogens (tertiary/aromatic N) is 4. The first-order valence-electron chi connectivity index (χ1n) is 5.98. The number of hydrogen-bond donors (Lipinski definition) is 1. The molecule has 6 heteroatoms. The Labute approximate surface area is 99.2 Å². The lowest BCUT2D eigenvalue weighted by Gasteiger charge is -2.30. The third-order valence-electron chi connectivity index (χ3n) is 3.76. The molecule has 0 amide bonds. The summed E-state index contributed by atoms with van der Waals surface area (Å²) in [4.78, 5) is 13.1. The van der Waals surface area contributed by atoms with E-state index in [0.29, 0.717) is 6.42 Å². The molecule has 1 saturated carbocycles. The molecule has 1 aliphatic carbocycles. The van der Waals surface area contributed by atoms with Crippen molar-refractivity contribution in [1.82, 2.24) is 19.7 Å². The van der Waals surface area contributed by atoms with Gasteiger partial charge in [-0.2, -0.15) is 0 Å². The second-order valence-corrected chi connectivity index (χ2v) is 5.22. The summed E-state index contributed by atoms with van der Waals surface area (Å²) in [5, 5.41) is 16.9. The Kier molecular flexibility index (Phi) is 2.39. The number of rotatable bonds is 4. The minimum atomic E-state index is -0.678. The molecular weight excluding hydrogens is 220 g/mol. The molecule has 1 fully saturated rings. The molecule has 1 N–H and O–H groups in total. The van der Waals surface area contributed by atoms with Crippen LogP contribution < -0.4 is 0 Å². The van der Waals surface area contributed by atoms with Crippen LogP contribution >= 0.6 is 0 Å². The van der Waals surface area contributed by atoms with Gasteiger partial charge < -0.3 is 9.67 Å². The van der Waals surface area contributed by atoms with E-state index in [1.807, 2.05) is 0 Å². The highest BCUT2D eigenvalue weighted by molar-refractivity contribution is 5.68. The first-order valence-corrected chi connectivity index (χ1v) is 5.98. The topological polar surface area (TPSA) is 71.2 Å². The summed E-state index contributed by atoms with van der Waals surface area (Å²) in [5.74, 6) is 0.310. The average molecular weight is 236 g/mol. The molecule has 2 aliphatic rings. The fourth-order valence-corrected chi connectivity index (χ4v) is 2.61. The van der Waals surface area contributed by atoms with Gasteiger partial charge in [-0.3, -0.25) is 9.69 Å². The van der Waals surface area contributed by atoms with Crippen molar-refractivity contribution in [2.45, 2.75) is 32.4 Å². The summed E-state index contributed by atoms with van der Waals surface area (Å²) in [6.07, 6.45) is 4.15. The van der Waals surface area contributed by atoms with Crippen LogP contribution in [-0.4, -0.2) is 43.8 Å². The molecule has 0 bridgehead atoms. The van der Waals surface area contributed by atoms with E-state index in [1.54, 1.807) is 6.33 Å². The SMILES string of the molecule is O=C(O)CC1(CN2CCn3cnnc3C2)CC1. The van der Waals surface area contributed by atoms with Gasteiger partial charge in [-0.25, -0.2) is 0 Å². The van der Waals surface area contributed by atoms with E-state index in [4.69, 9.17) is 5.11 Å². The minimum Gasteiger partial charge on any atom is -0.481 e. The third kappa shape index (κ3) is 2.17. The van der Waals surface area contributed by atoms with Crippen LogP contribution in [-0.2, 0) is 17.9 Å². The minimum absolute atomic E-state index is 0.0357. The molecule has 0 unspecified atom stereocenters. The molecule has 0 aromatic carbocycles. The Bertz CT molecular complexity index is 438. The van der Waals surface area contributed by atoms with Crippen LogP contribution in [0.2, 0.25) is 0 Å². The Morgan fingerprint density at radius 3 is 3.00 bits per heavy atom. The van der Waals surface area contributed by atoms with Gasteiger partial charge in [-0.05, 0) is 18.3 Å². The number of carbonyl (C=O) groups is 1. The summed E-state index contributed by atoms with van der Waals surface area (Å²) in [5.41, 5.74) is 0.0357. The van der Waals surface area contributed by atoms with Crippen LogP contribution in [0.25, 0.3) is 0 Å². The highest BCUT2D eigenvalue weighted by Crippen LogP contribution is 2.49. The second kappa shape index (κ2) is 3.80. The normalized spacial score (nSPS) is 22.1. The highest BCUT2D eigenvalue weighted by Gasteiger charge is 2.45. The molecule has 1 aromatic rings. The Morgan fingerprint density at radius 1 is 1.47 bits per heavy atom. The zero-order valence-electron chi connectivity index (χ0n) is 9.67. The van der Waals surface area contributed by atoms with Crippen LogP contribution in [0.4, 0.5) is 0 Å². The third-order valence-corrected chi connectivity index (χ3v) is 3.76. The van der Waals surface area contributed by atoms with E-state index in [9.17, 15) is 4.79 Å². The first kappa shape index (κ1) is 10.7. The van der Waals surface area contributed by atoms with Crippen LogP contribution in [0, 0.1) is 5.41 Å². The lowest BCUT2D eigenvalue weighted by Crippen LogP contribution is -2.38. The molecule has 92 valence electrons. The van der Waals surface area contributed by atoms with E-state index in [0.717, 1.165) is 44.8 Å². The fourth-order valence-electron chi connectivity index (χ4n) is 2.61. The molecule has 0 spiro atoms. The highest BCUT2D eigenvalue weighted by atomic mass is 16.4. The van der Waals surface area contributed by atoms with E-state index >= 15 is 0 Å². The summed E-state index contributed by atoms with van der Waals surface area (Å²) in [6.45, 7) is 3.55. The maximum Gasteiger partial charge on any atom is 0.303 e. The van der Waals surface area contributed by atoms with Crippen molar-refractivity contribution in [3.8, 4) is 0 Å². The lowest BCUT2D eigenvalue weighted by atomic mass is 10.0. The predicted octanol–water partition coefficient (Wildman–Crippen LogP) is 0.349. The molecule has 3 rings (SSSR count). The van der Waals surface area contributed by atoms with Crippen LogP contribution in [0.1, 0.15) is 25.1 Å². The van der Waals surface area contributed by atoms with Crippen LogP contribution in [0.5, 0.6) is 0 Å². The number of fused-ring (bicyclic) bond motifs is 1. The lowest BCUT2D eigenvalue weighted by molar-refractivity contribution is -0.138. The molecule has 6 nitrogen and oxygen atoms in total. The van der Waals surface area contributed by atoms with E-state index in [1.165, 1.54) is 0 Å². The van der Waals surface area contributed by atoms with Gasteiger partial charge in [0.05, 0.1) is 13.0 Å². The summed E-state index contributed by atoms with van der Waals surface area (Å²) in [7, 11) is 0. The number of aliphatic carboxylic acids is 1. The maximum atomic E-state index is 10.8. The quantitative estimate of drug-likeness (QED) is 0.816. The number of carboxylic acid groups (broad SMARTS) is 1. The van der Waals surface area contributed by atoms with Crippen molar-refractivity contribution >= 4 is 5.97 Å². The zero-order valence-corrected chi connectivity index (χ0v) is 9.67. The number of aromatic nitrogens is 3. The summed E-state index contributed by atoms with van der Waals surface area (Å²) >= 11 is 0. The first-order chi connectivity index (χ1) is 8.17. The molecule has 1 aliphatic heterocycles. The molecule has 0 saturated heterocycles. The molecule has 17 heavy (non-hydrogen) atoms. The van der Waals surface area contributed by atoms with Gasteiger partial charge in [-0.1, -0.05) is 0 Å². The maximum absolute atomic E-state index is 10.8. The van der Waals surface area contributed by atoms with Crippen LogP contribution in [0.3, 0.4) is 0 Å². The van der Waals surface area contributed by atoms with Gasteiger partial charge in [0.15, 0.2) is 0 Å². The van der Waals surface area contributed by atoms with Gasteiger partial charge in [0.25, 0.3) is 0 Å². The molecule has 0 radical (unpaired) electrons. The molecular formula is C11H16N4O2. The molecule has 0 atom stereocenters. The standard InChI is InChI=1S/C11H16N4O2/c16-10(17)5-11(1-2-11)7-14-3-4-15-8-12-13-9(15)6-14/h8H,1-7H2,(H,16,17). The van der Waals surface area contributed by atoms with E-state index in [2.05, 4.69) is 19.7 Å². The predicted molar refractivity (Wildman–Crippen MR) is 59.2 cm³/mol. The van der Waals surface area contributed by atoms with Gasteiger partial charge in [0.1, 0.15) is 12.2 Å². The Morgan fingerprint density at radius 2 is 2.29 bits per heavy atom. The Balaban J connectivity index is 1.62. The van der Waals surface area contributed by atoms with Crippen molar-refractivity contribution in [1.29, 1.82) is 0 Å². The Hall–Kier alpha value is -1.43. The number of hydrogen-bond acceptors (Lipinski definition) is 4. The monoisotopic (exact) mass is 236 g/mol.